The summed E-state index contributed by atoms with van der Waals surface area (Å²) in [5, 5.41) is 5.89. The molecular weight excluding hydrogens is 352 g/mol. The van der Waals surface area contributed by atoms with Gasteiger partial charge in [0.25, 0.3) is 0 Å². The first-order valence-electron chi connectivity index (χ1n) is 9.43. The third-order valence-corrected chi connectivity index (χ3v) is 5.83. The Morgan fingerprint density at radius 1 is 0.926 bits per heavy atom. The maximum absolute atomic E-state index is 6.30. The summed E-state index contributed by atoms with van der Waals surface area (Å²) in [5.74, 6) is 0.350. The monoisotopic (exact) mass is 372 g/mol. The van der Waals surface area contributed by atoms with Gasteiger partial charge in [-0.1, -0.05) is 72.3 Å². The number of hydrogen-bond acceptors (Lipinski definition) is 1. The number of fused-ring (bicyclic) bond motifs is 3. The molecule has 27 heavy (non-hydrogen) atoms. The Kier molecular flexibility index (Phi) is 4.23. The van der Waals surface area contributed by atoms with Gasteiger partial charge in [0.15, 0.2) is 0 Å². The minimum Gasteiger partial charge on any atom is -0.357 e. The molecule has 1 heterocycles. The molecule has 1 aliphatic rings. The normalized spacial score (nSPS) is 18.7. The fourth-order valence-corrected chi connectivity index (χ4v) is 4.55. The number of hydrogen-bond donors (Lipinski definition) is 2. The Morgan fingerprint density at radius 3 is 2.59 bits per heavy atom. The Morgan fingerprint density at radius 2 is 1.74 bits per heavy atom. The average molecular weight is 373 g/mol. The van der Waals surface area contributed by atoms with Crippen molar-refractivity contribution >= 4 is 22.5 Å². The zero-order chi connectivity index (χ0) is 18.2. The Balaban J connectivity index is 1.54. The average Bonchev–Trinajstić information content (AvgIpc) is 3.25. The fourth-order valence-electron chi connectivity index (χ4n) is 4.35. The van der Waals surface area contributed by atoms with Gasteiger partial charge in [-0.15, -0.1) is 0 Å². The molecule has 0 bridgehead atoms. The Bertz CT molecular complexity index is 1080. The lowest BCUT2D eigenvalue weighted by molar-refractivity contribution is 0.506. The molecule has 2 unspecified atom stereocenters. The summed E-state index contributed by atoms with van der Waals surface area (Å²) in [6.07, 6.45) is 1.04. The highest BCUT2D eigenvalue weighted by Gasteiger charge is 2.35. The summed E-state index contributed by atoms with van der Waals surface area (Å²) < 4.78 is 0. The van der Waals surface area contributed by atoms with Crippen LogP contribution in [0, 0.1) is 0 Å². The predicted octanol–water partition coefficient (Wildman–Crippen LogP) is 6.19. The van der Waals surface area contributed by atoms with Crippen molar-refractivity contribution in [3.8, 4) is 0 Å². The van der Waals surface area contributed by atoms with Crippen LogP contribution in [0.25, 0.3) is 10.9 Å². The first kappa shape index (κ1) is 16.6. The molecule has 3 aromatic carbocycles. The molecular formula is C24H21ClN2. The van der Waals surface area contributed by atoms with Crippen molar-refractivity contribution < 1.29 is 0 Å². The van der Waals surface area contributed by atoms with Crippen molar-refractivity contribution in [3.63, 3.8) is 0 Å². The number of rotatable bonds is 4. The molecule has 5 rings (SSSR count). The van der Waals surface area contributed by atoms with Gasteiger partial charge in [0.05, 0.1) is 0 Å². The van der Waals surface area contributed by atoms with Gasteiger partial charge in [-0.2, -0.15) is 0 Å². The lowest BCUT2D eigenvalue weighted by Gasteiger charge is -2.16. The third-order valence-electron chi connectivity index (χ3n) is 5.59. The van der Waals surface area contributed by atoms with E-state index in [2.05, 4.69) is 83.1 Å². The number of para-hydroxylation sites is 1. The van der Waals surface area contributed by atoms with Crippen molar-refractivity contribution in [2.24, 2.45) is 0 Å². The van der Waals surface area contributed by atoms with E-state index >= 15 is 0 Å². The summed E-state index contributed by atoms with van der Waals surface area (Å²) in [7, 11) is 0. The molecule has 4 aromatic rings. The van der Waals surface area contributed by atoms with E-state index in [0.29, 0.717) is 12.0 Å². The highest BCUT2D eigenvalue weighted by atomic mass is 35.5. The van der Waals surface area contributed by atoms with Crippen LogP contribution in [-0.4, -0.2) is 4.98 Å². The summed E-state index contributed by atoms with van der Waals surface area (Å²) in [4.78, 5) is 3.68. The molecule has 1 aliphatic carbocycles. The lowest BCUT2D eigenvalue weighted by atomic mass is 9.92. The fraction of sp³-hybridized carbons (Fsp3) is 0.167. The van der Waals surface area contributed by atoms with Crippen LogP contribution in [0.5, 0.6) is 0 Å². The van der Waals surface area contributed by atoms with Gasteiger partial charge in [-0.3, -0.25) is 0 Å². The zero-order valence-electron chi connectivity index (χ0n) is 15.0. The van der Waals surface area contributed by atoms with Crippen LogP contribution in [-0.2, 0) is 6.54 Å². The molecule has 0 radical (unpaired) electrons. The molecule has 134 valence electrons. The van der Waals surface area contributed by atoms with Gasteiger partial charge in [-0.25, -0.2) is 0 Å². The number of H-pyrrole nitrogens is 1. The predicted molar refractivity (Wildman–Crippen MR) is 112 cm³/mol. The quantitative estimate of drug-likeness (QED) is 0.439. The standard InChI is InChI=1S/C24H21ClN2/c25-18-10-6-9-17(13-18)20-14-22(26-15-16-7-2-1-3-8-16)24-23(20)19-11-4-5-12-21(19)27-24/h1-13,20,22,26-27H,14-15H2. The third kappa shape index (κ3) is 3.05. The summed E-state index contributed by atoms with van der Waals surface area (Å²) >= 11 is 6.30. The van der Waals surface area contributed by atoms with Gasteiger partial charge in [0.1, 0.15) is 0 Å². The molecule has 0 aliphatic heterocycles. The van der Waals surface area contributed by atoms with Crippen LogP contribution in [0.1, 0.15) is 40.8 Å². The molecule has 1 aromatic heterocycles. The van der Waals surface area contributed by atoms with Crippen molar-refractivity contribution in [1.82, 2.24) is 10.3 Å². The number of halogens is 1. The highest BCUT2D eigenvalue weighted by Crippen LogP contribution is 2.47. The molecule has 2 atom stereocenters. The van der Waals surface area contributed by atoms with Gasteiger partial charge in [0, 0.05) is 40.1 Å². The van der Waals surface area contributed by atoms with Crippen LogP contribution in [0.2, 0.25) is 5.02 Å². The Hall–Kier alpha value is -2.55. The van der Waals surface area contributed by atoms with Crippen LogP contribution in [0.3, 0.4) is 0 Å². The smallest absolute Gasteiger partial charge is 0.0487 e. The second-order valence-electron chi connectivity index (χ2n) is 7.26. The van der Waals surface area contributed by atoms with E-state index < -0.39 is 0 Å². The molecule has 2 nitrogen and oxygen atoms in total. The van der Waals surface area contributed by atoms with E-state index in [1.165, 1.54) is 33.3 Å². The molecule has 0 spiro atoms. The van der Waals surface area contributed by atoms with E-state index in [1.54, 1.807) is 0 Å². The first-order valence-corrected chi connectivity index (χ1v) is 9.80. The second-order valence-corrected chi connectivity index (χ2v) is 7.70. The maximum atomic E-state index is 6.30. The van der Waals surface area contributed by atoms with Crippen LogP contribution >= 0.6 is 11.6 Å². The number of nitrogens with one attached hydrogen (secondary N) is 2. The van der Waals surface area contributed by atoms with Crippen LogP contribution in [0.15, 0.2) is 78.9 Å². The minimum absolute atomic E-state index is 0.302. The second kappa shape index (κ2) is 6.88. The number of benzene rings is 3. The summed E-state index contributed by atoms with van der Waals surface area (Å²) in [6.45, 7) is 0.864. The van der Waals surface area contributed by atoms with Crippen LogP contribution < -0.4 is 5.32 Å². The van der Waals surface area contributed by atoms with Crippen LogP contribution in [0.4, 0.5) is 0 Å². The van der Waals surface area contributed by atoms with E-state index in [9.17, 15) is 0 Å². The Labute approximate surface area is 164 Å². The van der Waals surface area contributed by atoms with E-state index in [-0.39, 0.29) is 0 Å². The van der Waals surface area contributed by atoms with Gasteiger partial charge in [-0.05, 0) is 41.3 Å². The van der Waals surface area contributed by atoms with Gasteiger partial charge in [0.2, 0.25) is 0 Å². The topological polar surface area (TPSA) is 27.8 Å². The minimum atomic E-state index is 0.302. The van der Waals surface area contributed by atoms with Crippen molar-refractivity contribution in [3.05, 3.63) is 106 Å². The molecule has 0 fully saturated rings. The molecule has 0 saturated heterocycles. The van der Waals surface area contributed by atoms with Crippen molar-refractivity contribution in [1.29, 1.82) is 0 Å². The van der Waals surface area contributed by atoms with Gasteiger partial charge < -0.3 is 10.3 Å². The van der Waals surface area contributed by atoms with Crippen molar-refractivity contribution in [2.75, 3.05) is 0 Å². The summed E-state index contributed by atoms with van der Waals surface area (Å²) in [6, 6.07) is 27.8. The SMILES string of the molecule is Clc1cccc(C2CC(NCc3ccccc3)c3[nH]c4ccccc4c32)c1. The number of aromatic nitrogens is 1. The van der Waals surface area contributed by atoms with E-state index in [0.717, 1.165) is 18.0 Å². The lowest BCUT2D eigenvalue weighted by Crippen LogP contribution is -2.19. The first-order chi connectivity index (χ1) is 13.3. The highest BCUT2D eigenvalue weighted by molar-refractivity contribution is 6.30. The van der Waals surface area contributed by atoms with E-state index in [4.69, 9.17) is 11.6 Å². The molecule has 2 N–H and O–H groups in total. The zero-order valence-corrected chi connectivity index (χ0v) is 15.7. The molecule has 0 amide bonds. The van der Waals surface area contributed by atoms with Gasteiger partial charge >= 0.3 is 0 Å². The molecule has 3 heteroatoms. The molecule has 0 saturated carbocycles. The number of aromatic amines is 1. The van der Waals surface area contributed by atoms with E-state index in [1.807, 2.05) is 6.07 Å². The van der Waals surface area contributed by atoms with Crippen molar-refractivity contribution in [2.45, 2.75) is 24.9 Å². The maximum Gasteiger partial charge on any atom is 0.0487 e. The largest absolute Gasteiger partial charge is 0.357 e. The summed E-state index contributed by atoms with van der Waals surface area (Å²) in [5.41, 5.74) is 6.54.